The van der Waals surface area contributed by atoms with Crippen molar-refractivity contribution < 1.29 is 12.8 Å². The van der Waals surface area contributed by atoms with E-state index in [-0.39, 0.29) is 22.2 Å². The minimum absolute atomic E-state index is 0.0125. The molecule has 1 aliphatic carbocycles. The van der Waals surface area contributed by atoms with Crippen LogP contribution in [-0.4, -0.2) is 14.5 Å². The highest BCUT2D eigenvalue weighted by atomic mass is 32.2. The van der Waals surface area contributed by atoms with E-state index in [0.717, 1.165) is 18.9 Å². The van der Waals surface area contributed by atoms with Gasteiger partial charge in [0, 0.05) is 6.04 Å². The SMILES string of the molecule is Cc1cc(S(=O)(=O)NC2CC=CCC2)cc(N)c1F. The number of sulfonamides is 1. The number of halogens is 1. The van der Waals surface area contributed by atoms with Crippen LogP contribution in [-0.2, 0) is 10.0 Å². The number of nitrogen functional groups attached to an aromatic ring is 1. The topological polar surface area (TPSA) is 72.2 Å². The number of rotatable bonds is 3. The molecule has 1 aromatic carbocycles. The molecule has 1 atom stereocenters. The van der Waals surface area contributed by atoms with E-state index in [1.807, 2.05) is 12.2 Å². The first-order valence-electron chi connectivity index (χ1n) is 6.13. The van der Waals surface area contributed by atoms with E-state index in [1.165, 1.54) is 13.0 Å². The summed E-state index contributed by atoms with van der Waals surface area (Å²) in [6.45, 7) is 1.49. The molecule has 1 unspecified atom stereocenters. The summed E-state index contributed by atoms with van der Waals surface area (Å²) in [6.07, 6.45) is 6.30. The number of aryl methyl sites for hydroxylation is 1. The van der Waals surface area contributed by atoms with Gasteiger partial charge in [-0.2, -0.15) is 0 Å². The lowest BCUT2D eigenvalue weighted by molar-refractivity contribution is 0.522. The first kappa shape index (κ1) is 14.0. The van der Waals surface area contributed by atoms with Crippen LogP contribution >= 0.6 is 0 Å². The Morgan fingerprint density at radius 2 is 2.11 bits per heavy atom. The van der Waals surface area contributed by atoms with Gasteiger partial charge in [0.25, 0.3) is 0 Å². The van der Waals surface area contributed by atoms with Crippen molar-refractivity contribution in [2.45, 2.75) is 37.1 Å². The summed E-state index contributed by atoms with van der Waals surface area (Å²) in [5, 5.41) is 0. The van der Waals surface area contributed by atoms with E-state index in [4.69, 9.17) is 5.73 Å². The zero-order chi connectivity index (χ0) is 14.0. The molecule has 1 aliphatic rings. The Kier molecular flexibility index (Phi) is 3.91. The molecule has 4 nitrogen and oxygen atoms in total. The van der Waals surface area contributed by atoms with Gasteiger partial charge in [0.15, 0.2) is 0 Å². The second-order valence-corrected chi connectivity index (χ2v) is 6.46. The molecule has 0 saturated carbocycles. The highest BCUT2D eigenvalue weighted by molar-refractivity contribution is 7.89. The summed E-state index contributed by atoms with van der Waals surface area (Å²) in [4.78, 5) is 0.0125. The van der Waals surface area contributed by atoms with Gasteiger partial charge < -0.3 is 5.73 Å². The molecular formula is C13H17FN2O2S. The van der Waals surface area contributed by atoms with Gasteiger partial charge in [-0.3, -0.25) is 0 Å². The lowest BCUT2D eigenvalue weighted by Gasteiger charge is -2.19. The molecule has 0 aromatic heterocycles. The zero-order valence-corrected chi connectivity index (χ0v) is 11.5. The molecule has 0 fully saturated rings. The maximum absolute atomic E-state index is 13.4. The van der Waals surface area contributed by atoms with E-state index >= 15 is 0 Å². The molecule has 3 N–H and O–H groups in total. The van der Waals surface area contributed by atoms with Crippen LogP contribution in [0.4, 0.5) is 10.1 Å². The molecule has 6 heteroatoms. The Labute approximate surface area is 112 Å². The molecule has 0 spiro atoms. The number of benzene rings is 1. The molecule has 1 aromatic rings. The normalized spacial score (nSPS) is 19.6. The number of nitrogens with one attached hydrogen (secondary N) is 1. The Morgan fingerprint density at radius 1 is 1.37 bits per heavy atom. The molecule has 19 heavy (non-hydrogen) atoms. The fourth-order valence-electron chi connectivity index (χ4n) is 2.11. The van der Waals surface area contributed by atoms with Crippen molar-refractivity contribution >= 4 is 15.7 Å². The number of allylic oxidation sites excluding steroid dienone is 1. The van der Waals surface area contributed by atoms with Crippen LogP contribution in [0.1, 0.15) is 24.8 Å². The number of hydrogen-bond donors (Lipinski definition) is 2. The summed E-state index contributed by atoms with van der Waals surface area (Å²) < 4.78 is 40.4. The lowest BCUT2D eigenvalue weighted by Crippen LogP contribution is -2.35. The van der Waals surface area contributed by atoms with Gasteiger partial charge in [0.2, 0.25) is 10.0 Å². The predicted molar refractivity (Wildman–Crippen MR) is 72.6 cm³/mol. The van der Waals surface area contributed by atoms with E-state index in [9.17, 15) is 12.8 Å². The number of nitrogens with two attached hydrogens (primary N) is 1. The molecule has 0 radical (unpaired) electrons. The third kappa shape index (κ3) is 3.13. The summed E-state index contributed by atoms with van der Waals surface area (Å²) in [7, 11) is -3.65. The van der Waals surface area contributed by atoms with Gasteiger partial charge in [0.05, 0.1) is 10.6 Å². The van der Waals surface area contributed by atoms with Gasteiger partial charge in [-0.1, -0.05) is 12.2 Å². The third-order valence-corrected chi connectivity index (χ3v) is 4.66. The quantitative estimate of drug-likeness (QED) is 0.659. The van der Waals surface area contributed by atoms with Crippen molar-refractivity contribution in [2.24, 2.45) is 0 Å². The maximum Gasteiger partial charge on any atom is 0.240 e. The molecule has 0 bridgehead atoms. The summed E-state index contributed by atoms with van der Waals surface area (Å²) in [5.41, 5.74) is 5.55. The monoisotopic (exact) mass is 284 g/mol. The third-order valence-electron chi connectivity index (χ3n) is 3.16. The van der Waals surface area contributed by atoms with Gasteiger partial charge in [-0.25, -0.2) is 17.5 Å². The van der Waals surface area contributed by atoms with Crippen LogP contribution in [0, 0.1) is 12.7 Å². The van der Waals surface area contributed by atoms with E-state index in [1.54, 1.807) is 0 Å². The van der Waals surface area contributed by atoms with Crippen molar-refractivity contribution in [3.05, 3.63) is 35.7 Å². The second kappa shape index (κ2) is 5.30. The van der Waals surface area contributed by atoms with Crippen molar-refractivity contribution in [2.75, 3.05) is 5.73 Å². The first-order chi connectivity index (χ1) is 8.90. The Morgan fingerprint density at radius 3 is 2.68 bits per heavy atom. The van der Waals surface area contributed by atoms with Gasteiger partial charge >= 0.3 is 0 Å². The van der Waals surface area contributed by atoms with E-state index in [0.29, 0.717) is 6.42 Å². The fraction of sp³-hybridized carbons (Fsp3) is 0.385. The Balaban J connectivity index is 2.26. The van der Waals surface area contributed by atoms with E-state index in [2.05, 4.69) is 4.72 Å². The zero-order valence-electron chi connectivity index (χ0n) is 10.7. The average molecular weight is 284 g/mol. The highest BCUT2D eigenvalue weighted by Gasteiger charge is 2.21. The molecule has 0 heterocycles. The summed E-state index contributed by atoms with van der Waals surface area (Å²) in [6, 6.07) is 2.34. The smallest absolute Gasteiger partial charge is 0.240 e. The number of hydrogen-bond acceptors (Lipinski definition) is 3. The Hall–Kier alpha value is -1.40. The largest absolute Gasteiger partial charge is 0.396 e. The maximum atomic E-state index is 13.4. The van der Waals surface area contributed by atoms with Crippen LogP contribution < -0.4 is 10.5 Å². The predicted octanol–water partition coefficient (Wildman–Crippen LogP) is 2.10. The van der Waals surface area contributed by atoms with Crippen LogP contribution in [0.3, 0.4) is 0 Å². The van der Waals surface area contributed by atoms with Crippen molar-refractivity contribution in [1.82, 2.24) is 4.72 Å². The summed E-state index contributed by atoms with van der Waals surface area (Å²) in [5.74, 6) is -0.570. The standard InChI is InChI=1S/C13H17FN2O2S/c1-9-7-11(8-12(15)13(9)14)19(17,18)16-10-5-3-2-4-6-10/h2-3,7-8,10,16H,4-6,15H2,1H3. The van der Waals surface area contributed by atoms with Crippen molar-refractivity contribution in [3.63, 3.8) is 0 Å². The molecule has 0 amide bonds. The number of anilines is 1. The van der Waals surface area contributed by atoms with Gasteiger partial charge in [0.1, 0.15) is 5.82 Å². The summed E-state index contributed by atoms with van der Waals surface area (Å²) >= 11 is 0. The Bertz CT molecular complexity index is 588. The van der Waals surface area contributed by atoms with Crippen LogP contribution in [0.2, 0.25) is 0 Å². The molecule has 104 valence electrons. The molecule has 0 aliphatic heterocycles. The molecule has 2 rings (SSSR count). The van der Waals surface area contributed by atoms with Crippen molar-refractivity contribution in [3.8, 4) is 0 Å². The molecule has 0 saturated heterocycles. The van der Waals surface area contributed by atoms with Crippen molar-refractivity contribution in [1.29, 1.82) is 0 Å². The van der Waals surface area contributed by atoms with Crippen LogP contribution in [0.25, 0.3) is 0 Å². The first-order valence-corrected chi connectivity index (χ1v) is 7.61. The van der Waals surface area contributed by atoms with Crippen LogP contribution in [0.5, 0.6) is 0 Å². The fourth-order valence-corrected chi connectivity index (χ4v) is 3.51. The molecular weight excluding hydrogens is 267 g/mol. The minimum Gasteiger partial charge on any atom is -0.396 e. The average Bonchev–Trinajstić information content (AvgIpc) is 2.36. The second-order valence-electron chi connectivity index (χ2n) is 4.75. The van der Waals surface area contributed by atoms with Crippen LogP contribution in [0.15, 0.2) is 29.2 Å². The lowest BCUT2D eigenvalue weighted by atomic mass is 10.0. The van der Waals surface area contributed by atoms with Gasteiger partial charge in [-0.15, -0.1) is 0 Å². The van der Waals surface area contributed by atoms with Gasteiger partial charge in [-0.05, 0) is 43.9 Å². The minimum atomic E-state index is -3.65. The van der Waals surface area contributed by atoms with E-state index < -0.39 is 15.8 Å². The highest BCUT2D eigenvalue weighted by Crippen LogP contribution is 2.22.